The predicted molar refractivity (Wildman–Crippen MR) is 93.3 cm³/mol. The lowest BCUT2D eigenvalue weighted by molar-refractivity contribution is -0.151. The maximum Gasteiger partial charge on any atom is 0.341 e. The zero-order chi connectivity index (χ0) is 18.1. The van der Waals surface area contributed by atoms with Gasteiger partial charge in [0.05, 0.1) is 6.61 Å². The van der Waals surface area contributed by atoms with Crippen molar-refractivity contribution >= 4 is 22.8 Å². The fourth-order valence-electron chi connectivity index (χ4n) is 3.37. The van der Waals surface area contributed by atoms with Crippen LogP contribution >= 0.6 is 0 Å². The highest BCUT2D eigenvalue weighted by Gasteiger charge is 2.37. The van der Waals surface area contributed by atoms with Crippen molar-refractivity contribution in [1.29, 1.82) is 0 Å². The van der Waals surface area contributed by atoms with Crippen molar-refractivity contribution in [3.05, 3.63) is 35.0 Å². The van der Waals surface area contributed by atoms with Crippen molar-refractivity contribution in [3.8, 4) is 0 Å². The fourth-order valence-corrected chi connectivity index (χ4v) is 3.37. The van der Waals surface area contributed by atoms with Crippen LogP contribution in [0.25, 0.3) is 10.9 Å². The highest BCUT2D eigenvalue weighted by atomic mass is 19.1. The molecule has 1 aliphatic rings. The molecule has 1 saturated heterocycles. The molecule has 0 spiro atoms. The number of hydrogen-bond acceptors (Lipinski definition) is 3. The summed E-state index contributed by atoms with van der Waals surface area (Å²) in [6.45, 7) is 6.53. The lowest BCUT2D eigenvalue weighted by atomic mass is 10.0. The minimum absolute atomic E-state index is 0.155. The van der Waals surface area contributed by atoms with E-state index < -0.39 is 18.1 Å². The summed E-state index contributed by atoms with van der Waals surface area (Å²) in [5.41, 5.74) is 3.72. The average molecular weight is 346 g/mol. The second-order valence-electron chi connectivity index (χ2n) is 6.61. The zero-order valence-electron chi connectivity index (χ0n) is 14.8. The van der Waals surface area contributed by atoms with E-state index in [0.717, 1.165) is 16.5 Å². The van der Waals surface area contributed by atoms with Crippen molar-refractivity contribution in [1.82, 2.24) is 9.88 Å². The first kappa shape index (κ1) is 17.5. The van der Waals surface area contributed by atoms with E-state index in [9.17, 15) is 14.0 Å². The van der Waals surface area contributed by atoms with Gasteiger partial charge in [0, 0.05) is 29.9 Å². The number of ether oxygens (including phenoxy) is 1. The van der Waals surface area contributed by atoms with E-state index in [4.69, 9.17) is 4.74 Å². The molecule has 2 atom stereocenters. The molecular formula is C19H23FN2O3. The number of halogens is 1. The van der Waals surface area contributed by atoms with Crippen LogP contribution in [0.3, 0.4) is 0 Å². The molecule has 6 heteroatoms. The van der Waals surface area contributed by atoms with Gasteiger partial charge < -0.3 is 14.6 Å². The maximum atomic E-state index is 14.2. The normalized spacial score (nSPS) is 18.6. The molecule has 0 aliphatic carbocycles. The van der Waals surface area contributed by atoms with Crippen LogP contribution in [0.1, 0.15) is 35.0 Å². The first-order valence-corrected chi connectivity index (χ1v) is 8.61. The lowest BCUT2D eigenvalue weighted by Gasteiger charge is -2.17. The Bertz CT molecular complexity index is 814. The van der Waals surface area contributed by atoms with Crippen LogP contribution in [0.2, 0.25) is 0 Å². The third kappa shape index (κ3) is 3.25. The van der Waals surface area contributed by atoms with E-state index in [1.54, 1.807) is 11.8 Å². The first-order chi connectivity index (χ1) is 11.9. The van der Waals surface area contributed by atoms with Crippen molar-refractivity contribution in [3.63, 3.8) is 0 Å². The Morgan fingerprint density at radius 2 is 2.16 bits per heavy atom. The van der Waals surface area contributed by atoms with Crippen molar-refractivity contribution in [2.24, 2.45) is 5.92 Å². The number of benzene rings is 1. The van der Waals surface area contributed by atoms with E-state index in [2.05, 4.69) is 4.98 Å². The average Bonchev–Trinajstić information content (AvgIpc) is 3.24. The lowest BCUT2D eigenvalue weighted by Crippen LogP contribution is -2.33. The van der Waals surface area contributed by atoms with Gasteiger partial charge in [-0.3, -0.25) is 4.79 Å². The monoisotopic (exact) mass is 346 g/mol. The summed E-state index contributed by atoms with van der Waals surface area (Å²) in [7, 11) is 0. The van der Waals surface area contributed by atoms with E-state index >= 15 is 0 Å². The van der Waals surface area contributed by atoms with Gasteiger partial charge in [-0.1, -0.05) is 6.07 Å². The van der Waals surface area contributed by atoms with Gasteiger partial charge in [0.15, 0.2) is 0 Å². The zero-order valence-corrected chi connectivity index (χ0v) is 14.8. The Kier molecular flexibility index (Phi) is 4.79. The number of amides is 1. The molecular weight excluding hydrogens is 323 g/mol. The summed E-state index contributed by atoms with van der Waals surface area (Å²) in [6.07, 6.45) is -1.21. The number of aromatic amines is 1. The highest BCUT2D eigenvalue weighted by Crippen LogP contribution is 2.27. The minimum atomic E-state index is -1.68. The number of likely N-dealkylation sites (tertiary alicyclic amines) is 1. The summed E-state index contributed by atoms with van der Waals surface area (Å²) in [5.74, 6) is -1.50. The number of fused-ring (bicyclic) bond motifs is 1. The number of alkyl halides is 1. The smallest absolute Gasteiger partial charge is 0.341 e. The topological polar surface area (TPSA) is 62.4 Å². The summed E-state index contributed by atoms with van der Waals surface area (Å²) >= 11 is 0. The molecule has 25 heavy (non-hydrogen) atoms. The second kappa shape index (κ2) is 6.86. The van der Waals surface area contributed by atoms with Crippen LogP contribution in [-0.2, 0) is 9.53 Å². The Hall–Kier alpha value is -2.37. The number of esters is 1. The van der Waals surface area contributed by atoms with Crippen molar-refractivity contribution in [2.75, 3.05) is 19.7 Å². The Balaban J connectivity index is 1.74. The molecule has 0 saturated carbocycles. The summed E-state index contributed by atoms with van der Waals surface area (Å²) in [4.78, 5) is 29.0. The number of hydrogen-bond donors (Lipinski definition) is 1. The molecule has 2 aromatic rings. The second-order valence-corrected chi connectivity index (χ2v) is 6.61. The maximum absolute atomic E-state index is 14.2. The number of nitrogens with one attached hydrogen (secondary N) is 1. The summed E-state index contributed by atoms with van der Waals surface area (Å²) < 4.78 is 18.9. The minimum Gasteiger partial charge on any atom is -0.464 e. The number of H-pyrrole nitrogens is 1. The van der Waals surface area contributed by atoms with Crippen molar-refractivity contribution < 1.29 is 18.7 Å². The molecule has 1 aromatic carbocycles. The number of nitrogens with zero attached hydrogens (tertiary/aromatic N) is 1. The van der Waals surface area contributed by atoms with Crippen LogP contribution < -0.4 is 0 Å². The third-order valence-corrected chi connectivity index (χ3v) is 5.01. The molecule has 5 nitrogen and oxygen atoms in total. The number of carbonyl (C=O) groups excluding carboxylic acids is 2. The van der Waals surface area contributed by atoms with Crippen LogP contribution in [0.15, 0.2) is 18.2 Å². The Labute approximate surface area is 146 Å². The van der Waals surface area contributed by atoms with Gasteiger partial charge >= 0.3 is 5.97 Å². The predicted octanol–water partition coefficient (Wildman–Crippen LogP) is 3.15. The molecule has 1 aromatic heterocycles. The van der Waals surface area contributed by atoms with Gasteiger partial charge in [0.1, 0.15) is 5.69 Å². The highest BCUT2D eigenvalue weighted by molar-refractivity contribution is 5.99. The molecule has 134 valence electrons. The number of carbonyl (C=O) groups is 2. The van der Waals surface area contributed by atoms with E-state index in [-0.39, 0.29) is 19.1 Å². The standard InChI is InChI=1S/C19H23FN2O3/c1-4-25-19(24)17(20)13-7-8-22(10-13)18(23)16-9-14-12(3)11(2)5-6-15(14)21-16/h5-6,9,13,17,21H,4,7-8,10H2,1-3H3. The molecule has 3 rings (SSSR count). The molecule has 0 bridgehead atoms. The first-order valence-electron chi connectivity index (χ1n) is 8.61. The Morgan fingerprint density at radius 3 is 2.88 bits per heavy atom. The molecule has 1 fully saturated rings. The van der Waals surface area contributed by atoms with Crippen molar-refractivity contribution in [2.45, 2.75) is 33.4 Å². The van der Waals surface area contributed by atoms with Gasteiger partial charge in [-0.05, 0) is 50.5 Å². The molecule has 2 unspecified atom stereocenters. The molecule has 2 heterocycles. The van der Waals surface area contributed by atoms with Crippen LogP contribution in [-0.4, -0.2) is 47.6 Å². The van der Waals surface area contributed by atoms with E-state index in [1.807, 2.05) is 32.0 Å². The van der Waals surface area contributed by atoms with Gasteiger partial charge in [0.2, 0.25) is 6.17 Å². The van der Waals surface area contributed by atoms with Crippen LogP contribution in [0, 0.1) is 19.8 Å². The van der Waals surface area contributed by atoms with Gasteiger partial charge in [-0.15, -0.1) is 0 Å². The van der Waals surface area contributed by atoms with Gasteiger partial charge in [0.25, 0.3) is 5.91 Å². The van der Waals surface area contributed by atoms with E-state index in [0.29, 0.717) is 18.7 Å². The Morgan fingerprint density at radius 1 is 1.40 bits per heavy atom. The SMILES string of the molecule is CCOC(=O)C(F)C1CCN(C(=O)c2cc3c(C)c(C)ccc3[nH]2)C1. The number of rotatable bonds is 4. The van der Waals surface area contributed by atoms with Crippen LogP contribution in [0.5, 0.6) is 0 Å². The number of aromatic nitrogens is 1. The fraction of sp³-hybridized carbons (Fsp3) is 0.474. The number of aryl methyl sites for hydroxylation is 2. The molecule has 1 N–H and O–H groups in total. The molecule has 0 radical (unpaired) electrons. The third-order valence-electron chi connectivity index (χ3n) is 5.01. The molecule has 1 aliphatic heterocycles. The summed E-state index contributed by atoms with van der Waals surface area (Å²) in [5, 5.41) is 1.02. The quantitative estimate of drug-likeness (QED) is 0.865. The van der Waals surface area contributed by atoms with Crippen LogP contribution in [0.4, 0.5) is 4.39 Å². The van der Waals surface area contributed by atoms with Gasteiger partial charge in [-0.2, -0.15) is 0 Å². The van der Waals surface area contributed by atoms with E-state index in [1.165, 1.54) is 5.56 Å². The largest absolute Gasteiger partial charge is 0.464 e. The van der Waals surface area contributed by atoms with Gasteiger partial charge in [-0.25, -0.2) is 9.18 Å². The summed E-state index contributed by atoms with van der Waals surface area (Å²) in [6, 6.07) is 5.83. The molecule has 1 amide bonds.